The lowest BCUT2D eigenvalue weighted by molar-refractivity contribution is -0.137. The molecule has 8 amide bonds. The fraction of sp³-hybridized carbons (Fsp3) is 0.286. The molecule has 0 spiro atoms. The van der Waals surface area contributed by atoms with Crippen LogP contribution in [0.4, 0.5) is 0 Å². The molecule has 584 valence electrons. The highest BCUT2D eigenvalue weighted by molar-refractivity contribution is 6.00. The van der Waals surface area contributed by atoms with Crippen molar-refractivity contribution in [2.24, 2.45) is 22.9 Å². The van der Waals surface area contributed by atoms with E-state index in [4.69, 9.17) is 44.6 Å². The first kappa shape index (κ1) is 82.7. The Kier molecular flexibility index (Phi) is 31.3. The molecule has 0 radical (unpaired) electrons. The first-order valence-corrected chi connectivity index (χ1v) is 37.4. The predicted octanol–water partition coefficient (Wildman–Crippen LogP) is 4.26. The summed E-state index contributed by atoms with van der Waals surface area (Å²) >= 11 is 0. The number of nitrogens with two attached hydrogens (primary N) is 4. The van der Waals surface area contributed by atoms with Gasteiger partial charge < -0.3 is 86.7 Å². The molecule has 1 aliphatic heterocycles. The molecule has 8 aromatic carbocycles. The molecule has 9 rings (SSSR count). The smallest absolute Gasteiger partial charge is 0.244 e. The van der Waals surface area contributed by atoms with Crippen LogP contribution < -0.4 is 86.7 Å². The van der Waals surface area contributed by atoms with E-state index in [2.05, 4.69) is 63.8 Å². The van der Waals surface area contributed by atoms with Crippen molar-refractivity contribution in [3.63, 3.8) is 0 Å². The van der Waals surface area contributed by atoms with Crippen molar-refractivity contribution in [3.8, 4) is 0 Å². The van der Waals surface area contributed by atoms with E-state index < -0.39 is 119 Å². The van der Waals surface area contributed by atoms with Crippen LogP contribution >= 0.6 is 0 Å². The van der Waals surface area contributed by atoms with Crippen molar-refractivity contribution in [1.29, 1.82) is 21.6 Å². The molecule has 1 heterocycles. The summed E-state index contributed by atoms with van der Waals surface area (Å²) in [4.78, 5) is 130. The average molecular weight is 1520 g/mol. The van der Waals surface area contributed by atoms with E-state index in [9.17, 15) is 0 Å². The van der Waals surface area contributed by atoms with Crippen LogP contribution in [0.15, 0.2) is 243 Å². The third-order valence-electron chi connectivity index (χ3n) is 19.4. The van der Waals surface area contributed by atoms with Crippen molar-refractivity contribution in [2.75, 3.05) is 26.2 Å². The van der Waals surface area contributed by atoms with Crippen LogP contribution in [0, 0.1) is 21.6 Å². The van der Waals surface area contributed by atoms with Crippen molar-refractivity contribution >= 4 is 71.1 Å². The maximum Gasteiger partial charge on any atom is 0.244 e. The quantitative estimate of drug-likeness (QED) is 0.0185. The van der Waals surface area contributed by atoms with Crippen molar-refractivity contribution in [2.45, 2.75) is 123 Å². The fourth-order valence-electron chi connectivity index (χ4n) is 14.0. The molecule has 24 N–H and O–H groups in total. The minimum atomic E-state index is -1.70. The van der Waals surface area contributed by atoms with E-state index in [0.717, 1.165) is 0 Å². The molecule has 8 aromatic rings. The Morgan fingerprint density at radius 2 is 0.384 bits per heavy atom. The number of nitrogens with one attached hydrogen (secondary N) is 16. The number of carbonyl (C=O) groups is 8. The molecule has 1 fully saturated rings. The third-order valence-corrected chi connectivity index (χ3v) is 19.4. The van der Waals surface area contributed by atoms with Gasteiger partial charge in [0, 0.05) is 49.9 Å². The Morgan fingerprint density at radius 3 is 0.554 bits per heavy atom. The molecular weight excluding hydrogens is 1420 g/mol. The molecule has 1 saturated heterocycles. The first-order valence-electron chi connectivity index (χ1n) is 37.4. The molecule has 0 unspecified atom stereocenters. The number of guanidine groups is 4. The molecule has 28 nitrogen and oxygen atoms in total. The number of rotatable bonds is 28. The largest absolute Gasteiger partial charge is 0.370 e. The van der Waals surface area contributed by atoms with Gasteiger partial charge in [-0.3, -0.25) is 60.0 Å². The van der Waals surface area contributed by atoms with Gasteiger partial charge in [0.1, 0.15) is 48.3 Å². The molecule has 1 aliphatic rings. The summed E-state index contributed by atoms with van der Waals surface area (Å²) in [7, 11) is 0. The zero-order valence-electron chi connectivity index (χ0n) is 62.1. The van der Waals surface area contributed by atoms with E-state index in [1.807, 2.05) is 48.5 Å². The third kappa shape index (κ3) is 24.3. The first-order chi connectivity index (χ1) is 54.2. The second kappa shape index (κ2) is 42.4. The van der Waals surface area contributed by atoms with E-state index in [1.165, 1.54) is 0 Å². The van der Waals surface area contributed by atoms with Crippen LogP contribution in [0.1, 0.15) is 120 Å². The molecule has 8 atom stereocenters. The van der Waals surface area contributed by atoms with Gasteiger partial charge in [0.25, 0.3) is 0 Å². The van der Waals surface area contributed by atoms with Crippen LogP contribution in [0.5, 0.6) is 0 Å². The summed E-state index contributed by atoms with van der Waals surface area (Å²) in [6, 6.07) is 58.9. The second-order valence-electron chi connectivity index (χ2n) is 27.3. The van der Waals surface area contributed by atoms with Crippen molar-refractivity contribution < 1.29 is 38.4 Å². The van der Waals surface area contributed by atoms with E-state index >= 15 is 38.4 Å². The summed E-state index contributed by atoms with van der Waals surface area (Å²) in [6.45, 7) is 0.147. The predicted molar refractivity (Wildman–Crippen MR) is 431 cm³/mol. The second-order valence-corrected chi connectivity index (χ2v) is 27.3. The van der Waals surface area contributed by atoms with Gasteiger partial charge in [-0.15, -0.1) is 0 Å². The van der Waals surface area contributed by atoms with E-state index in [1.54, 1.807) is 194 Å². The van der Waals surface area contributed by atoms with Crippen LogP contribution in [0.3, 0.4) is 0 Å². The minimum Gasteiger partial charge on any atom is -0.370 e. The lowest BCUT2D eigenvalue weighted by atomic mass is 9.81. The van der Waals surface area contributed by atoms with Gasteiger partial charge in [-0.05, 0) is 95.9 Å². The summed E-state index contributed by atoms with van der Waals surface area (Å²) in [5, 5.41) is 66.7. The van der Waals surface area contributed by atoms with Crippen LogP contribution in [0.25, 0.3) is 0 Å². The molecule has 112 heavy (non-hydrogen) atoms. The highest BCUT2D eigenvalue weighted by Gasteiger charge is 2.45. The van der Waals surface area contributed by atoms with Gasteiger partial charge in [-0.2, -0.15) is 0 Å². The Morgan fingerprint density at radius 1 is 0.241 bits per heavy atom. The van der Waals surface area contributed by atoms with E-state index in [-0.39, 0.29) is 101 Å². The number of benzene rings is 8. The standard InChI is InChI=1S/C84H100N20O8/c85-81(86)93-49-25-45-61-73(105)97-62(46-26-50-94-82(87)88)74(106)99-64(48-28-52-96-84(91)92)76(108)101-70(66(55-33-13-3-14-34-55)56-35-15-4-16-36-56)78(110)103-72(68(59-41-21-7-22-42-59)60-43-23-8-24-44-60)80(112)104-71(67(57-37-17-5-18-38-57)58-39-19-6-20-40-58)79(111)102-69(65(53-29-9-1-10-30-53)54-31-11-2-12-32-54)77(109)100-63(75(107)98-61)47-27-51-95-83(89)90/h1-24,29-44,61-72H,25-28,45-52H2,(H,97,105)(H,98,107)(H,99,106)(H,100,109)(H,101,108)(H,102,111)(H,103,110)(H,104,112)(H4,85,86,93)(H4,87,88,94)(H4,89,90,95)(H4,91,92,96)/t61-,62-,63-,64-,69-,70-,71-,72-/m0/s1. The van der Waals surface area contributed by atoms with Crippen molar-refractivity contribution in [3.05, 3.63) is 287 Å². The average Bonchev–Trinajstić information content (AvgIpc) is 0.784. The molecule has 0 saturated carbocycles. The minimum absolute atomic E-state index is 0.0356. The van der Waals surface area contributed by atoms with Crippen molar-refractivity contribution in [1.82, 2.24) is 63.8 Å². The van der Waals surface area contributed by atoms with Gasteiger partial charge in [-0.1, -0.05) is 243 Å². The van der Waals surface area contributed by atoms with E-state index in [0.29, 0.717) is 44.5 Å². The van der Waals surface area contributed by atoms with Crippen LogP contribution in [-0.2, 0) is 38.4 Å². The lowest BCUT2D eigenvalue weighted by Gasteiger charge is -2.36. The molecular formula is C84H100N20O8. The molecule has 0 bridgehead atoms. The fourth-order valence-corrected chi connectivity index (χ4v) is 14.0. The number of hydrogen-bond donors (Lipinski definition) is 20. The summed E-state index contributed by atoms with van der Waals surface area (Å²) < 4.78 is 0. The topological polar surface area (TPSA) is 480 Å². The van der Waals surface area contributed by atoms with Crippen LogP contribution in [0.2, 0.25) is 0 Å². The zero-order valence-corrected chi connectivity index (χ0v) is 62.1. The number of carbonyl (C=O) groups excluding carboxylic acids is 8. The number of amides is 8. The molecule has 0 aliphatic carbocycles. The van der Waals surface area contributed by atoms with Gasteiger partial charge in [0.2, 0.25) is 47.3 Å². The lowest BCUT2D eigenvalue weighted by Crippen LogP contribution is -2.63. The monoisotopic (exact) mass is 1520 g/mol. The summed E-state index contributed by atoms with van der Waals surface area (Å²) in [5.41, 5.74) is 27.3. The Bertz CT molecular complexity index is 4070. The number of hydrogen-bond acceptors (Lipinski definition) is 12. The van der Waals surface area contributed by atoms with Gasteiger partial charge in [-0.25, -0.2) is 0 Å². The highest BCUT2D eigenvalue weighted by Crippen LogP contribution is 2.35. The highest BCUT2D eigenvalue weighted by atomic mass is 16.2. The SMILES string of the molecule is N=C(N)NCCC[C@@H]1NC(=O)[C@H](CCCNC(=N)N)NC(=O)[C@H](CCCNC(=N)N)NC(=O)[C@H](C(c2ccccc2)c2ccccc2)NC(=O)[C@H](C(c2ccccc2)c2ccccc2)NC(=O)[C@H](C(c2ccccc2)c2ccccc2)NC(=O)[C@H](C(c2ccccc2)c2ccccc2)NC(=O)[C@H](CCCNC(=N)N)NC1=O. The summed E-state index contributed by atoms with van der Waals surface area (Å²) in [6.07, 6.45) is -0.322. The maximum absolute atomic E-state index is 17.0. The Hall–Kier alpha value is -13.4. The maximum atomic E-state index is 17.0. The molecule has 28 heteroatoms. The van der Waals surface area contributed by atoms with Gasteiger partial charge in [0.15, 0.2) is 23.8 Å². The van der Waals surface area contributed by atoms with Gasteiger partial charge in [0.05, 0.1) is 0 Å². The van der Waals surface area contributed by atoms with Gasteiger partial charge >= 0.3 is 0 Å². The van der Waals surface area contributed by atoms with Crippen LogP contribution in [-0.4, -0.2) is 146 Å². The summed E-state index contributed by atoms with van der Waals surface area (Å²) in [5.74, 6) is -12.9. The normalized spacial score (nSPS) is 19.0. The Balaban J connectivity index is 1.31. The molecule has 0 aromatic heterocycles. The Labute approximate surface area is 651 Å². The zero-order chi connectivity index (χ0) is 79.7.